The Morgan fingerprint density at radius 3 is 2.83 bits per heavy atom. The lowest BCUT2D eigenvalue weighted by atomic mass is 10.0. The predicted octanol–water partition coefficient (Wildman–Crippen LogP) is 2.09. The summed E-state index contributed by atoms with van der Waals surface area (Å²) in [6.45, 7) is 1.78. The van der Waals surface area contributed by atoms with E-state index in [1.807, 2.05) is 30.3 Å². The second-order valence-electron chi connectivity index (χ2n) is 5.22. The number of amides is 1. The van der Waals surface area contributed by atoms with E-state index in [9.17, 15) is 9.90 Å². The third-order valence-corrected chi connectivity index (χ3v) is 4.71. The Bertz CT molecular complexity index is 801. The zero-order valence-electron chi connectivity index (χ0n) is 13.1. The van der Waals surface area contributed by atoms with E-state index in [4.69, 9.17) is 0 Å². The van der Waals surface area contributed by atoms with Crippen LogP contribution < -0.4 is 5.32 Å². The number of nitrogens with one attached hydrogen (secondary N) is 2. The summed E-state index contributed by atoms with van der Waals surface area (Å²) in [5.41, 5.74) is 1.59. The van der Waals surface area contributed by atoms with Crippen molar-refractivity contribution in [3.8, 4) is 10.8 Å². The lowest BCUT2D eigenvalue weighted by Crippen LogP contribution is -2.29. The second kappa shape index (κ2) is 7.33. The number of rotatable bonds is 6. The molecule has 1 aromatic carbocycles. The summed E-state index contributed by atoms with van der Waals surface area (Å²) in [5, 5.41) is 19.4. The number of hydrogen-bond donors (Lipinski definition) is 3. The maximum Gasteiger partial charge on any atom is 0.263 e. The van der Waals surface area contributed by atoms with E-state index in [-0.39, 0.29) is 18.6 Å². The van der Waals surface area contributed by atoms with Gasteiger partial charge in [-0.2, -0.15) is 5.10 Å². The summed E-state index contributed by atoms with van der Waals surface area (Å²) in [6, 6.07) is 9.34. The molecule has 3 rings (SSSR count). The molecule has 124 valence electrons. The third kappa shape index (κ3) is 3.50. The van der Waals surface area contributed by atoms with Gasteiger partial charge >= 0.3 is 0 Å². The highest BCUT2D eigenvalue weighted by Gasteiger charge is 2.21. The van der Waals surface area contributed by atoms with E-state index in [0.717, 1.165) is 5.56 Å². The van der Waals surface area contributed by atoms with Crippen LogP contribution >= 0.6 is 11.3 Å². The summed E-state index contributed by atoms with van der Waals surface area (Å²) in [4.78, 5) is 21.6. The first-order valence-electron chi connectivity index (χ1n) is 7.49. The number of aromatic nitrogens is 4. The molecule has 0 fully saturated rings. The van der Waals surface area contributed by atoms with Crippen molar-refractivity contribution in [2.24, 2.45) is 0 Å². The third-order valence-electron chi connectivity index (χ3n) is 3.55. The van der Waals surface area contributed by atoms with Gasteiger partial charge in [0, 0.05) is 6.61 Å². The smallest absolute Gasteiger partial charge is 0.263 e. The molecule has 0 aliphatic carbocycles. The number of H-pyrrole nitrogens is 1. The highest BCUT2D eigenvalue weighted by molar-refractivity contribution is 7.17. The molecular weight excluding hydrogens is 326 g/mol. The average Bonchev–Trinajstić information content (AvgIpc) is 3.24. The zero-order chi connectivity index (χ0) is 16.9. The maximum absolute atomic E-state index is 12.6. The summed E-state index contributed by atoms with van der Waals surface area (Å²) in [7, 11) is 0. The molecular formula is C16H17N5O2S. The van der Waals surface area contributed by atoms with Crippen molar-refractivity contribution >= 4 is 17.2 Å². The van der Waals surface area contributed by atoms with Crippen molar-refractivity contribution < 1.29 is 9.90 Å². The van der Waals surface area contributed by atoms with Gasteiger partial charge in [-0.15, -0.1) is 11.3 Å². The minimum absolute atomic E-state index is 0.00910. The Balaban J connectivity index is 1.81. The first kappa shape index (κ1) is 16.3. The number of thiazole rings is 1. The number of carbonyl (C=O) groups is 1. The molecule has 7 nitrogen and oxygen atoms in total. The first-order chi connectivity index (χ1) is 11.7. The SMILES string of the molecule is Cc1nc(-c2ncn[nH]2)sc1C(=O)NC(CCO)c1ccccc1. The van der Waals surface area contributed by atoms with Gasteiger partial charge in [0.25, 0.3) is 5.91 Å². The van der Waals surface area contributed by atoms with Crippen LogP contribution in [0.25, 0.3) is 10.8 Å². The molecule has 1 amide bonds. The van der Waals surface area contributed by atoms with Crippen molar-refractivity contribution in [2.75, 3.05) is 6.61 Å². The number of nitrogens with zero attached hydrogens (tertiary/aromatic N) is 3. The molecule has 3 N–H and O–H groups in total. The van der Waals surface area contributed by atoms with Gasteiger partial charge in [0.2, 0.25) is 0 Å². The molecule has 1 unspecified atom stereocenters. The fraction of sp³-hybridized carbons (Fsp3) is 0.250. The summed E-state index contributed by atoms with van der Waals surface area (Å²) in [6.07, 6.45) is 1.85. The van der Waals surface area contributed by atoms with Gasteiger partial charge in [-0.1, -0.05) is 30.3 Å². The van der Waals surface area contributed by atoms with E-state index in [1.54, 1.807) is 6.92 Å². The van der Waals surface area contributed by atoms with Gasteiger partial charge in [-0.25, -0.2) is 9.97 Å². The van der Waals surface area contributed by atoms with Crippen LogP contribution in [0, 0.1) is 6.92 Å². The Kier molecular flexibility index (Phi) is 4.97. The van der Waals surface area contributed by atoms with Crippen LogP contribution in [-0.2, 0) is 0 Å². The van der Waals surface area contributed by atoms with Crippen LogP contribution in [0.15, 0.2) is 36.7 Å². The highest BCUT2D eigenvalue weighted by Crippen LogP contribution is 2.26. The predicted molar refractivity (Wildman–Crippen MR) is 90.6 cm³/mol. The van der Waals surface area contributed by atoms with Crippen molar-refractivity contribution in [2.45, 2.75) is 19.4 Å². The van der Waals surface area contributed by atoms with Crippen molar-refractivity contribution in [1.82, 2.24) is 25.5 Å². The summed E-state index contributed by atoms with van der Waals surface area (Å²) >= 11 is 1.26. The van der Waals surface area contributed by atoms with Gasteiger partial charge < -0.3 is 10.4 Å². The molecule has 0 aliphatic rings. The van der Waals surface area contributed by atoms with Crippen molar-refractivity contribution in [1.29, 1.82) is 0 Å². The lowest BCUT2D eigenvalue weighted by molar-refractivity contribution is 0.0933. The second-order valence-corrected chi connectivity index (χ2v) is 6.22. The van der Waals surface area contributed by atoms with Crippen LogP contribution in [0.3, 0.4) is 0 Å². The van der Waals surface area contributed by atoms with Gasteiger partial charge in [-0.05, 0) is 18.9 Å². The molecule has 24 heavy (non-hydrogen) atoms. The molecule has 2 heterocycles. The van der Waals surface area contributed by atoms with E-state index in [2.05, 4.69) is 25.5 Å². The number of hydrogen-bond acceptors (Lipinski definition) is 6. The number of aliphatic hydroxyl groups excluding tert-OH is 1. The average molecular weight is 343 g/mol. The van der Waals surface area contributed by atoms with E-state index >= 15 is 0 Å². The molecule has 0 radical (unpaired) electrons. The molecule has 8 heteroatoms. The topological polar surface area (TPSA) is 104 Å². The lowest BCUT2D eigenvalue weighted by Gasteiger charge is -2.18. The van der Waals surface area contributed by atoms with Crippen molar-refractivity contribution in [3.63, 3.8) is 0 Å². The number of aryl methyl sites for hydroxylation is 1. The van der Waals surface area contributed by atoms with E-state index in [1.165, 1.54) is 17.7 Å². The molecule has 0 aliphatic heterocycles. The number of benzene rings is 1. The standard InChI is InChI=1S/C16H17N5O2S/c1-10-13(24-16(19-10)14-17-9-18-21-14)15(23)20-12(7-8-22)11-5-3-2-4-6-11/h2-6,9,12,22H,7-8H2,1H3,(H,20,23)(H,17,18,21). The Morgan fingerprint density at radius 1 is 1.38 bits per heavy atom. The molecule has 0 saturated carbocycles. The minimum atomic E-state index is -0.251. The van der Waals surface area contributed by atoms with Crippen LogP contribution in [0.1, 0.15) is 33.4 Å². The van der Waals surface area contributed by atoms with Crippen LogP contribution in [0.2, 0.25) is 0 Å². The number of aromatic amines is 1. The monoisotopic (exact) mass is 343 g/mol. The number of aliphatic hydroxyl groups is 1. The highest BCUT2D eigenvalue weighted by atomic mass is 32.1. The molecule has 3 aromatic rings. The molecule has 1 atom stereocenters. The zero-order valence-corrected chi connectivity index (χ0v) is 13.9. The fourth-order valence-corrected chi connectivity index (χ4v) is 3.29. The van der Waals surface area contributed by atoms with Crippen LogP contribution in [-0.4, -0.2) is 37.8 Å². The van der Waals surface area contributed by atoms with Gasteiger partial charge in [-0.3, -0.25) is 9.89 Å². The van der Waals surface area contributed by atoms with Gasteiger partial charge in [0.05, 0.1) is 11.7 Å². The molecule has 2 aromatic heterocycles. The van der Waals surface area contributed by atoms with Crippen LogP contribution in [0.4, 0.5) is 0 Å². The van der Waals surface area contributed by atoms with Crippen LogP contribution in [0.5, 0.6) is 0 Å². The fourth-order valence-electron chi connectivity index (χ4n) is 2.38. The van der Waals surface area contributed by atoms with Gasteiger partial charge in [0.15, 0.2) is 10.8 Å². The molecule has 0 spiro atoms. The maximum atomic E-state index is 12.6. The Hall–Kier alpha value is -2.58. The largest absolute Gasteiger partial charge is 0.396 e. The first-order valence-corrected chi connectivity index (χ1v) is 8.30. The number of carbonyl (C=O) groups excluding carboxylic acids is 1. The Morgan fingerprint density at radius 2 is 2.17 bits per heavy atom. The summed E-state index contributed by atoms with van der Waals surface area (Å²) < 4.78 is 0. The normalized spacial score (nSPS) is 12.1. The quantitative estimate of drug-likeness (QED) is 0.636. The van der Waals surface area contributed by atoms with Crippen molar-refractivity contribution in [3.05, 3.63) is 52.8 Å². The summed E-state index contributed by atoms with van der Waals surface area (Å²) in [5.74, 6) is 0.329. The van der Waals surface area contributed by atoms with E-state index in [0.29, 0.717) is 27.8 Å². The van der Waals surface area contributed by atoms with Gasteiger partial charge in [0.1, 0.15) is 11.2 Å². The Labute approximate surface area is 142 Å². The molecule has 0 bridgehead atoms. The minimum Gasteiger partial charge on any atom is -0.396 e. The van der Waals surface area contributed by atoms with E-state index < -0.39 is 0 Å². The molecule has 0 saturated heterocycles.